The summed E-state index contributed by atoms with van der Waals surface area (Å²) in [4.78, 5) is 5.21. The maximum atomic E-state index is 5.21. The van der Waals surface area contributed by atoms with Crippen molar-refractivity contribution in [3.05, 3.63) is 215 Å². The third-order valence-corrected chi connectivity index (χ3v) is 10.2. The van der Waals surface area contributed by atoms with Crippen molar-refractivity contribution in [2.75, 3.05) is 0 Å². The van der Waals surface area contributed by atoms with Crippen LogP contribution in [0.2, 0.25) is 0 Å². The molecule has 1 heteroatoms. The Labute approximate surface area is 307 Å². The van der Waals surface area contributed by atoms with Crippen LogP contribution in [0.5, 0.6) is 0 Å². The fraction of sp³-hybridized carbons (Fsp3) is 0.0784. The summed E-state index contributed by atoms with van der Waals surface area (Å²) in [7, 11) is 0. The Bertz CT molecular complexity index is 2590. The van der Waals surface area contributed by atoms with Crippen LogP contribution < -0.4 is 10.4 Å². The molecule has 7 aromatic carbocycles. The topological polar surface area (TPSA) is 12.4 Å². The number of nitrogens with zero attached hydrogens (tertiary/aromatic N) is 1. The van der Waals surface area contributed by atoms with Gasteiger partial charge in [0.25, 0.3) is 0 Å². The second-order valence-corrected chi connectivity index (χ2v) is 13.7. The molecule has 1 nitrogen and oxygen atoms in total. The first-order chi connectivity index (χ1) is 25.5. The van der Waals surface area contributed by atoms with E-state index < -0.39 is 0 Å². The van der Waals surface area contributed by atoms with Crippen LogP contribution in [0.25, 0.3) is 55.9 Å². The first-order valence-corrected chi connectivity index (χ1v) is 18.1. The lowest BCUT2D eigenvalue weighted by molar-refractivity contribution is 1.08. The summed E-state index contributed by atoms with van der Waals surface area (Å²) in [5, 5.41) is 5.17. The number of rotatable bonds is 8. The van der Waals surface area contributed by atoms with E-state index in [0.717, 1.165) is 46.5 Å². The van der Waals surface area contributed by atoms with Gasteiger partial charge >= 0.3 is 0 Å². The van der Waals surface area contributed by atoms with Crippen LogP contribution >= 0.6 is 0 Å². The highest BCUT2D eigenvalue weighted by Crippen LogP contribution is 2.30. The van der Waals surface area contributed by atoms with Gasteiger partial charge in [-0.05, 0) is 104 Å². The Balaban J connectivity index is 1.14. The van der Waals surface area contributed by atoms with Crippen molar-refractivity contribution in [1.82, 2.24) is 0 Å². The van der Waals surface area contributed by atoms with Gasteiger partial charge in [0.1, 0.15) is 0 Å². The molecule has 0 heterocycles. The highest BCUT2D eigenvalue weighted by molar-refractivity contribution is 6.14. The van der Waals surface area contributed by atoms with Crippen molar-refractivity contribution in [3.8, 4) is 22.3 Å². The van der Waals surface area contributed by atoms with Crippen LogP contribution in [0.3, 0.4) is 0 Å². The van der Waals surface area contributed by atoms with Gasteiger partial charge in [-0.2, -0.15) is 0 Å². The number of hydrogen-bond acceptors (Lipinski definition) is 1. The molecule has 0 spiro atoms. The molecule has 0 saturated heterocycles. The van der Waals surface area contributed by atoms with Crippen LogP contribution in [-0.2, 0) is 0 Å². The van der Waals surface area contributed by atoms with Crippen LogP contribution in [0.4, 0.5) is 0 Å². The quantitative estimate of drug-likeness (QED) is 0.143. The predicted octanol–water partition coefficient (Wildman–Crippen LogP) is 11.8. The van der Waals surface area contributed by atoms with Crippen LogP contribution in [0, 0.1) is 6.92 Å². The molecule has 250 valence electrons. The summed E-state index contributed by atoms with van der Waals surface area (Å²) < 4.78 is 0. The fourth-order valence-electron chi connectivity index (χ4n) is 7.27. The number of hydrogen-bond donors (Lipinski definition) is 0. The largest absolute Gasteiger partial charge is 0.248 e. The maximum absolute atomic E-state index is 5.21. The van der Waals surface area contributed by atoms with Gasteiger partial charge in [-0.15, -0.1) is 0 Å². The van der Waals surface area contributed by atoms with Crippen molar-refractivity contribution in [2.45, 2.75) is 26.7 Å². The van der Waals surface area contributed by atoms with Gasteiger partial charge in [0.15, 0.2) is 0 Å². The summed E-state index contributed by atoms with van der Waals surface area (Å²) in [5.41, 5.74) is 14.7. The second kappa shape index (κ2) is 14.5. The Kier molecular flexibility index (Phi) is 9.17. The summed E-state index contributed by atoms with van der Waals surface area (Å²) >= 11 is 0. The average Bonchev–Trinajstić information content (AvgIpc) is 3.20. The van der Waals surface area contributed by atoms with Gasteiger partial charge in [0.2, 0.25) is 0 Å². The number of aliphatic imine (C=N–C) groups is 1. The summed E-state index contributed by atoms with van der Waals surface area (Å²) in [6.45, 7) is 8.73. The van der Waals surface area contributed by atoms with Gasteiger partial charge in [-0.3, -0.25) is 0 Å². The van der Waals surface area contributed by atoms with Gasteiger partial charge in [-0.25, -0.2) is 4.99 Å². The van der Waals surface area contributed by atoms with Crippen LogP contribution in [-0.4, -0.2) is 5.71 Å². The van der Waals surface area contributed by atoms with E-state index in [1.165, 1.54) is 60.2 Å². The van der Waals surface area contributed by atoms with Crippen LogP contribution in [0.15, 0.2) is 181 Å². The zero-order valence-corrected chi connectivity index (χ0v) is 29.8. The molecule has 0 aliphatic heterocycles. The number of allylic oxidation sites excluding steroid dienone is 2. The highest BCUT2D eigenvalue weighted by atomic mass is 14.8. The summed E-state index contributed by atoms with van der Waals surface area (Å²) in [6.07, 6.45) is 6.65. The lowest BCUT2D eigenvalue weighted by Crippen LogP contribution is -2.29. The van der Waals surface area contributed by atoms with Crippen molar-refractivity contribution >= 4 is 39.4 Å². The first kappa shape index (κ1) is 32.9. The van der Waals surface area contributed by atoms with E-state index in [-0.39, 0.29) is 0 Å². The summed E-state index contributed by atoms with van der Waals surface area (Å²) in [6, 6.07) is 58.8. The molecule has 1 aliphatic carbocycles. The second-order valence-electron chi connectivity index (χ2n) is 13.7. The monoisotopic (exact) mass is 667 g/mol. The van der Waals surface area contributed by atoms with E-state index in [9.17, 15) is 0 Å². The number of benzene rings is 7. The molecule has 0 amide bonds. The third-order valence-electron chi connectivity index (χ3n) is 10.2. The van der Waals surface area contributed by atoms with Gasteiger partial charge < -0.3 is 0 Å². The lowest BCUT2D eigenvalue weighted by Gasteiger charge is -2.13. The Morgan fingerprint density at radius 1 is 0.577 bits per heavy atom. The summed E-state index contributed by atoms with van der Waals surface area (Å²) in [5.74, 6) is 0. The molecule has 0 bridgehead atoms. The van der Waals surface area contributed by atoms with Gasteiger partial charge in [-0.1, -0.05) is 182 Å². The third kappa shape index (κ3) is 6.87. The van der Waals surface area contributed by atoms with E-state index >= 15 is 0 Å². The Hall–Kier alpha value is -6.31. The van der Waals surface area contributed by atoms with Crippen molar-refractivity contribution in [3.63, 3.8) is 0 Å². The fourth-order valence-corrected chi connectivity index (χ4v) is 7.27. The maximum Gasteiger partial charge on any atom is 0.0712 e. The van der Waals surface area contributed by atoms with Gasteiger partial charge in [0.05, 0.1) is 11.4 Å². The molecule has 0 aromatic heterocycles. The highest BCUT2D eigenvalue weighted by Gasteiger charge is 2.11. The standard InChI is InChI=1S/C51H41N/c1-35-18-20-40(21-19-35)41-26-24-39(25-27-41)37(3)52-51(46-32-30-45(31-33-46)50-17-9-13-43-11-5-7-15-48(43)50)34-36(2)38-22-28-44(29-23-38)49-16-8-12-42-10-4-6-14-47(42)49/h4-8,10-16,18-34H,3,9,17H2,1-2H3/b36-34+,52-51+. The molecule has 0 atom stereocenters. The molecule has 0 unspecified atom stereocenters. The zero-order valence-electron chi connectivity index (χ0n) is 29.8. The van der Waals surface area contributed by atoms with Crippen LogP contribution in [0.1, 0.15) is 47.6 Å². The number of fused-ring (bicyclic) bond motifs is 2. The van der Waals surface area contributed by atoms with Crippen molar-refractivity contribution in [1.29, 1.82) is 0 Å². The zero-order chi connectivity index (χ0) is 35.4. The molecule has 0 radical (unpaired) electrons. The lowest BCUT2D eigenvalue weighted by atomic mass is 9.92. The Morgan fingerprint density at radius 2 is 1.17 bits per heavy atom. The van der Waals surface area contributed by atoms with Gasteiger partial charge in [0, 0.05) is 5.56 Å². The molecule has 0 fully saturated rings. The molecular weight excluding hydrogens is 627 g/mol. The molecule has 0 N–H and O–H groups in total. The van der Waals surface area contributed by atoms with E-state index in [1.54, 1.807) is 0 Å². The molecule has 8 rings (SSSR count). The Morgan fingerprint density at radius 3 is 1.94 bits per heavy atom. The molecule has 1 aliphatic rings. The average molecular weight is 668 g/mol. The van der Waals surface area contributed by atoms with E-state index in [0.29, 0.717) is 0 Å². The number of aryl methyl sites for hydroxylation is 1. The minimum absolute atomic E-state index is 0.732. The first-order valence-electron chi connectivity index (χ1n) is 18.1. The minimum Gasteiger partial charge on any atom is -0.248 e. The van der Waals surface area contributed by atoms with E-state index in [4.69, 9.17) is 4.99 Å². The predicted molar refractivity (Wildman–Crippen MR) is 224 cm³/mol. The molecule has 52 heavy (non-hydrogen) atoms. The van der Waals surface area contributed by atoms with Crippen molar-refractivity contribution in [2.24, 2.45) is 4.99 Å². The molecule has 0 saturated carbocycles. The van der Waals surface area contributed by atoms with E-state index in [1.807, 2.05) is 0 Å². The van der Waals surface area contributed by atoms with Crippen molar-refractivity contribution < 1.29 is 0 Å². The molecule has 7 aromatic rings. The SMILES string of the molecule is C=C(/N=C(\C=C(/C)c1ccc(-c2cccc3ccccc23)cc1)c1ccc(C2=c3ccccc3=CCC2)cc1)c1ccc(-c2ccc(C)cc2)cc1. The minimum atomic E-state index is 0.732. The normalized spacial score (nSPS) is 13.1. The van der Waals surface area contributed by atoms with E-state index in [2.05, 4.69) is 196 Å². The molecular formula is C51H41N. The smallest absolute Gasteiger partial charge is 0.0712 e.